The molecule has 8 nitrogen and oxygen atoms in total. The number of Topliss-reactive ketones (excluding diaryl/α,β-unsaturated/α-hetero) is 1. The van der Waals surface area contributed by atoms with Gasteiger partial charge in [0.1, 0.15) is 12.4 Å². The highest BCUT2D eigenvalue weighted by molar-refractivity contribution is 6.46. The zero-order valence-electron chi connectivity index (χ0n) is 21.4. The number of hydrogen-bond acceptors (Lipinski definition) is 7. The smallest absolute Gasteiger partial charge is 0.295 e. The van der Waals surface area contributed by atoms with E-state index in [0.717, 1.165) is 25.2 Å². The molecule has 4 rings (SSSR count). The van der Waals surface area contributed by atoms with Crippen molar-refractivity contribution in [2.24, 2.45) is 0 Å². The number of likely N-dealkylation sites (tertiary alicyclic amines) is 1. The van der Waals surface area contributed by atoms with Gasteiger partial charge in [0.25, 0.3) is 11.7 Å². The van der Waals surface area contributed by atoms with Gasteiger partial charge in [-0.25, -0.2) is 0 Å². The number of carbonyl (C=O) groups is 2. The van der Waals surface area contributed by atoms with Crippen molar-refractivity contribution >= 4 is 17.4 Å². The summed E-state index contributed by atoms with van der Waals surface area (Å²) in [5.41, 5.74) is 2.24. The van der Waals surface area contributed by atoms with Gasteiger partial charge in [-0.3, -0.25) is 14.5 Å². The minimum Gasteiger partial charge on any atom is -0.507 e. The van der Waals surface area contributed by atoms with Gasteiger partial charge in [0.2, 0.25) is 0 Å². The molecule has 2 aromatic carbocycles. The molecule has 8 heteroatoms. The normalized spacial score (nSPS) is 19.7. The van der Waals surface area contributed by atoms with Crippen LogP contribution < -0.4 is 9.47 Å². The molecule has 0 aromatic heterocycles. The van der Waals surface area contributed by atoms with E-state index in [9.17, 15) is 14.7 Å². The molecule has 1 N–H and O–H groups in total. The molecule has 1 unspecified atom stereocenters. The van der Waals surface area contributed by atoms with Gasteiger partial charge in [-0.1, -0.05) is 48.6 Å². The van der Waals surface area contributed by atoms with Crippen LogP contribution in [0.15, 0.2) is 60.7 Å². The first kappa shape index (κ1) is 26.4. The highest BCUT2D eigenvalue weighted by Crippen LogP contribution is 2.42. The molecule has 2 saturated heterocycles. The third-order valence-corrected chi connectivity index (χ3v) is 6.70. The number of aryl methyl sites for hydroxylation is 1. The van der Waals surface area contributed by atoms with Gasteiger partial charge >= 0.3 is 0 Å². The van der Waals surface area contributed by atoms with Crippen LogP contribution in [0.3, 0.4) is 0 Å². The zero-order chi connectivity index (χ0) is 26.4. The fourth-order valence-electron chi connectivity index (χ4n) is 4.74. The van der Waals surface area contributed by atoms with Crippen LogP contribution in [-0.2, 0) is 14.3 Å². The molecule has 0 saturated carbocycles. The van der Waals surface area contributed by atoms with Gasteiger partial charge < -0.3 is 24.2 Å². The maximum Gasteiger partial charge on any atom is 0.295 e. The second-order valence-corrected chi connectivity index (χ2v) is 9.18. The Balaban J connectivity index is 1.71. The van der Waals surface area contributed by atoms with E-state index in [0.29, 0.717) is 55.4 Å². The Bertz CT molecular complexity index is 1170. The lowest BCUT2D eigenvalue weighted by molar-refractivity contribution is -0.140. The van der Waals surface area contributed by atoms with E-state index < -0.39 is 17.7 Å². The third-order valence-electron chi connectivity index (χ3n) is 6.70. The number of aliphatic hydroxyl groups is 1. The number of ether oxygens (including phenoxy) is 3. The summed E-state index contributed by atoms with van der Waals surface area (Å²) in [6.07, 6.45) is 2.32. The van der Waals surface area contributed by atoms with Crippen molar-refractivity contribution < 1.29 is 28.9 Å². The minimum atomic E-state index is -0.756. The van der Waals surface area contributed by atoms with Crippen molar-refractivity contribution in [3.05, 3.63) is 77.4 Å². The first-order chi connectivity index (χ1) is 17.9. The van der Waals surface area contributed by atoms with Crippen molar-refractivity contribution in [3.8, 4) is 11.5 Å². The average molecular weight is 507 g/mol. The Labute approximate surface area is 217 Å². The molecular formula is C29H34N2O6. The van der Waals surface area contributed by atoms with E-state index in [1.807, 2.05) is 19.1 Å². The first-order valence-corrected chi connectivity index (χ1v) is 12.5. The van der Waals surface area contributed by atoms with Crippen LogP contribution in [0, 0.1) is 6.92 Å². The second kappa shape index (κ2) is 12.1. The number of ketones is 1. The Morgan fingerprint density at radius 3 is 2.51 bits per heavy atom. The second-order valence-electron chi connectivity index (χ2n) is 9.18. The van der Waals surface area contributed by atoms with Crippen LogP contribution in [0.1, 0.15) is 29.2 Å². The summed E-state index contributed by atoms with van der Waals surface area (Å²) in [5, 5.41) is 11.3. The average Bonchev–Trinajstić information content (AvgIpc) is 3.17. The monoisotopic (exact) mass is 506 g/mol. The molecule has 1 amide bonds. The lowest BCUT2D eigenvalue weighted by atomic mass is 9.94. The van der Waals surface area contributed by atoms with Crippen LogP contribution in [0.25, 0.3) is 5.76 Å². The van der Waals surface area contributed by atoms with Gasteiger partial charge in [-0.15, -0.1) is 0 Å². The quantitative estimate of drug-likeness (QED) is 0.227. The Morgan fingerprint density at radius 1 is 1.11 bits per heavy atom. The predicted molar refractivity (Wildman–Crippen MR) is 141 cm³/mol. The van der Waals surface area contributed by atoms with E-state index in [4.69, 9.17) is 14.2 Å². The number of nitrogens with zero attached hydrogens (tertiary/aromatic N) is 2. The molecule has 1 atom stereocenters. The van der Waals surface area contributed by atoms with E-state index in [2.05, 4.69) is 11.5 Å². The lowest BCUT2D eigenvalue weighted by Gasteiger charge is -2.29. The van der Waals surface area contributed by atoms with Crippen molar-refractivity contribution in [2.75, 3.05) is 53.1 Å². The number of hydrogen-bond donors (Lipinski definition) is 1. The number of aliphatic hydroxyl groups excluding tert-OH is 1. The van der Waals surface area contributed by atoms with Gasteiger partial charge in [-0.05, 0) is 31.0 Å². The summed E-state index contributed by atoms with van der Waals surface area (Å²) in [5.74, 6) is -0.514. The van der Waals surface area contributed by atoms with Gasteiger partial charge in [0.05, 0.1) is 31.9 Å². The van der Waals surface area contributed by atoms with E-state index in [-0.39, 0.29) is 11.3 Å². The van der Waals surface area contributed by atoms with Gasteiger partial charge in [-0.2, -0.15) is 0 Å². The number of rotatable bonds is 10. The molecule has 0 bridgehead atoms. The van der Waals surface area contributed by atoms with E-state index in [1.165, 1.54) is 7.11 Å². The van der Waals surface area contributed by atoms with Crippen LogP contribution in [0.2, 0.25) is 0 Å². The SMILES string of the molecule is C=CCOc1ccc(C2/C(=C(\O)c3ccc(C)cc3)C(=O)C(=O)N2CCCN2CCOCC2)cc1OC. The Kier molecular flexibility index (Phi) is 8.63. The molecule has 0 radical (unpaired) electrons. The van der Waals surface area contributed by atoms with Crippen LogP contribution >= 0.6 is 0 Å². The number of amides is 1. The van der Waals surface area contributed by atoms with Crippen LogP contribution in [-0.4, -0.2) is 79.7 Å². The summed E-state index contributed by atoms with van der Waals surface area (Å²) in [4.78, 5) is 30.4. The minimum absolute atomic E-state index is 0.0713. The molecule has 37 heavy (non-hydrogen) atoms. The molecule has 0 spiro atoms. The van der Waals surface area contributed by atoms with Crippen molar-refractivity contribution in [1.82, 2.24) is 9.80 Å². The highest BCUT2D eigenvalue weighted by atomic mass is 16.5. The number of methoxy groups -OCH3 is 1. The molecule has 2 aromatic rings. The van der Waals surface area contributed by atoms with E-state index >= 15 is 0 Å². The molecule has 2 heterocycles. The maximum absolute atomic E-state index is 13.3. The fourth-order valence-corrected chi connectivity index (χ4v) is 4.74. The lowest BCUT2D eigenvalue weighted by Crippen LogP contribution is -2.39. The van der Waals surface area contributed by atoms with Gasteiger partial charge in [0, 0.05) is 31.7 Å². The third kappa shape index (κ3) is 5.87. The number of carbonyl (C=O) groups excluding carboxylic acids is 2. The molecule has 0 aliphatic carbocycles. The number of morpholine rings is 1. The standard InChI is InChI=1S/C29H34N2O6/c1-4-16-37-23-11-10-22(19-24(23)35-3)26-25(27(32)21-8-6-20(2)7-9-21)28(33)29(34)31(26)13-5-12-30-14-17-36-18-15-30/h4,6-11,19,26,32H,1,5,12-18H2,2-3H3/b27-25+. The predicted octanol–water partition coefficient (Wildman–Crippen LogP) is 3.71. The zero-order valence-corrected chi connectivity index (χ0v) is 21.4. The maximum atomic E-state index is 13.3. The largest absolute Gasteiger partial charge is 0.507 e. The summed E-state index contributed by atoms with van der Waals surface area (Å²) in [6.45, 7) is 10.2. The van der Waals surface area contributed by atoms with Crippen molar-refractivity contribution in [1.29, 1.82) is 0 Å². The van der Waals surface area contributed by atoms with Gasteiger partial charge in [0.15, 0.2) is 11.5 Å². The van der Waals surface area contributed by atoms with Crippen LogP contribution in [0.5, 0.6) is 11.5 Å². The topological polar surface area (TPSA) is 88.5 Å². The first-order valence-electron chi connectivity index (χ1n) is 12.5. The molecular weight excluding hydrogens is 472 g/mol. The highest BCUT2D eigenvalue weighted by Gasteiger charge is 2.46. The van der Waals surface area contributed by atoms with E-state index in [1.54, 1.807) is 41.3 Å². The fraction of sp³-hybridized carbons (Fsp3) is 0.379. The summed E-state index contributed by atoms with van der Waals surface area (Å²) < 4.78 is 16.6. The van der Waals surface area contributed by atoms with Crippen molar-refractivity contribution in [3.63, 3.8) is 0 Å². The summed E-state index contributed by atoms with van der Waals surface area (Å²) in [7, 11) is 1.53. The summed E-state index contributed by atoms with van der Waals surface area (Å²) in [6, 6.07) is 11.8. The summed E-state index contributed by atoms with van der Waals surface area (Å²) >= 11 is 0. The van der Waals surface area contributed by atoms with Crippen LogP contribution in [0.4, 0.5) is 0 Å². The Hall–Kier alpha value is -3.62. The molecule has 2 fully saturated rings. The van der Waals surface area contributed by atoms with Crippen molar-refractivity contribution in [2.45, 2.75) is 19.4 Å². The molecule has 2 aliphatic heterocycles. The number of benzene rings is 2. The molecule has 196 valence electrons. The molecule has 2 aliphatic rings. The Morgan fingerprint density at radius 2 is 1.84 bits per heavy atom.